The first-order valence-electron chi connectivity index (χ1n) is 3.87. The predicted octanol–water partition coefficient (Wildman–Crippen LogP) is 0.695. The van der Waals surface area contributed by atoms with E-state index in [2.05, 4.69) is 17.0 Å². The second-order valence-electron chi connectivity index (χ2n) is 2.42. The summed E-state index contributed by atoms with van der Waals surface area (Å²) in [7, 11) is 0. The molecule has 0 aromatic carbocycles. The standard InChI is InChI=1S/C9H12N2O3/c1-4-7(9(13)14)5-8(10-3)11-6(2)12/h4-5H,3H2,1-2H3,(H,11,12)(H,13,14)/b7-4+,8-5+. The van der Waals surface area contributed by atoms with Gasteiger partial charge in [0.05, 0.1) is 5.57 Å². The van der Waals surface area contributed by atoms with Crippen molar-refractivity contribution in [1.29, 1.82) is 0 Å². The number of carboxylic acid groups (broad SMARTS) is 1. The van der Waals surface area contributed by atoms with E-state index in [0.717, 1.165) is 0 Å². The largest absolute Gasteiger partial charge is 0.478 e. The smallest absolute Gasteiger partial charge is 0.335 e. The molecule has 0 saturated heterocycles. The van der Waals surface area contributed by atoms with Crippen LogP contribution >= 0.6 is 0 Å². The van der Waals surface area contributed by atoms with Gasteiger partial charge in [-0.2, -0.15) is 0 Å². The van der Waals surface area contributed by atoms with E-state index in [-0.39, 0.29) is 17.3 Å². The summed E-state index contributed by atoms with van der Waals surface area (Å²) in [5, 5.41) is 11.0. The molecule has 0 aliphatic heterocycles. The van der Waals surface area contributed by atoms with Crippen LogP contribution < -0.4 is 5.32 Å². The Hall–Kier alpha value is -1.91. The topological polar surface area (TPSA) is 78.8 Å². The molecule has 1 amide bonds. The van der Waals surface area contributed by atoms with Gasteiger partial charge in [-0.1, -0.05) is 6.08 Å². The second-order valence-corrected chi connectivity index (χ2v) is 2.42. The number of nitrogens with zero attached hydrogens (tertiary/aromatic N) is 1. The highest BCUT2D eigenvalue weighted by atomic mass is 16.4. The summed E-state index contributed by atoms with van der Waals surface area (Å²) in [5.41, 5.74) is 0.0427. The molecule has 0 unspecified atom stereocenters. The van der Waals surface area contributed by atoms with Gasteiger partial charge in [0.15, 0.2) is 0 Å². The Kier molecular flexibility index (Phi) is 4.91. The summed E-state index contributed by atoms with van der Waals surface area (Å²) < 4.78 is 0. The Labute approximate surface area is 81.8 Å². The Morgan fingerprint density at radius 3 is 2.36 bits per heavy atom. The van der Waals surface area contributed by atoms with E-state index in [4.69, 9.17) is 5.11 Å². The first-order chi connectivity index (χ1) is 6.51. The minimum absolute atomic E-state index is 0.0427. The first-order valence-corrected chi connectivity index (χ1v) is 3.87. The normalized spacial score (nSPS) is 12.1. The van der Waals surface area contributed by atoms with Gasteiger partial charge in [-0.3, -0.25) is 4.79 Å². The summed E-state index contributed by atoms with van der Waals surface area (Å²) in [6.07, 6.45) is 2.63. The highest BCUT2D eigenvalue weighted by Gasteiger charge is 2.04. The number of aliphatic imine (C=N–C) groups is 1. The maximum absolute atomic E-state index is 10.6. The van der Waals surface area contributed by atoms with Gasteiger partial charge in [-0.25, -0.2) is 9.79 Å². The van der Waals surface area contributed by atoms with E-state index in [1.54, 1.807) is 6.92 Å². The quantitative estimate of drug-likeness (QED) is 0.394. The molecule has 0 radical (unpaired) electrons. The van der Waals surface area contributed by atoms with Gasteiger partial charge < -0.3 is 10.4 Å². The average Bonchev–Trinajstić information content (AvgIpc) is 2.10. The monoisotopic (exact) mass is 196 g/mol. The van der Waals surface area contributed by atoms with Gasteiger partial charge in [-0.05, 0) is 19.7 Å². The Morgan fingerprint density at radius 2 is 2.07 bits per heavy atom. The highest BCUT2D eigenvalue weighted by Crippen LogP contribution is 2.01. The van der Waals surface area contributed by atoms with Gasteiger partial charge in [0.2, 0.25) is 5.91 Å². The molecule has 0 heterocycles. The fourth-order valence-electron chi connectivity index (χ4n) is 0.717. The van der Waals surface area contributed by atoms with Crippen molar-refractivity contribution in [2.75, 3.05) is 0 Å². The number of carbonyl (C=O) groups is 2. The van der Waals surface area contributed by atoms with Crippen LogP contribution in [-0.4, -0.2) is 23.7 Å². The summed E-state index contributed by atoms with van der Waals surface area (Å²) in [6.45, 7) is 6.09. The third-order valence-corrected chi connectivity index (χ3v) is 1.32. The van der Waals surface area contributed by atoms with E-state index in [1.165, 1.54) is 19.1 Å². The van der Waals surface area contributed by atoms with E-state index in [0.29, 0.717) is 0 Å². The fourth-order valence-corrected chi connectivity index (χ4v) is 0.717. The van der Waals surface area contributed by atoms with Crippen LogP contribution in [0.5, 0.6) is 0 Å². The molecule has 5 heteroatoms. The number of nitrogens with one attached hydrogen (secondary N) is 1. The lowest BCUT2D eigenvalue weighted by atomic mass is 10.2. The number of allylic oxidation sites excluding steroid dienone is 1. The molecular weight excluding hydrogens is 184 g/mol. The lowest BCUT2D eigenvalue weighted by Crippen LogP contribution is -2.18. The van der Waals surface area contributed by atoms with Crippen molar-refractivity contribution in [2.45, 2.75) is 13.8 Å². The summed E-state index contributed by atoms with van der Waals surface area (Å²) in [4.78, 5) is 24.7. The number of hydrogen-bond donors (Lipinski definition) is 2. The molecule has 76 valence electrons. The molecule has 0 saturated carbocycles. The highest BCUT2D eigenvalue weighted by molar-refractivity contribution is 5.90. The molecule has 0 aromatic rings. The van der Waals surface area contributed by atoms with Crippen LogP contribution in [0.4, 0.5) is 0 Å². The molecule has 0 rings (SSSR count). The minimum atomic E-state index is -1.08. The Bertz CT molecular complexity index is 316. The predicted molar refractivity (Wildman–Crippen MR) is 52.8 cm³/mol. The van der Waals surface area contributed by atoms with E-state index in [9.17, 15) is 9.59 Å². The van der Waals surface area contributed by atoms with Crippen molar-refractivity contribution in [3.63, 3.8) is 0 Å². The molecule has 0 aromatic heterocycles. The zero-order valence-corrected chi connectivity index (χ0v) is 8.07. The first kappa shape index (κ1) is 12.1. The molecule has 0 aliphatic carbocycles. The van der Waals surface area contributed by atoms with Crippen LogP contribution in [0.25, 0.3) is 0 Å². The third-order valence-electron chi connectivity index (χ3n) is 1.32. The van der Waals surface area contributed by atoms with E-state index in [1.807, 2.05) is 0 Å². The second kappa shape index (κ2) is 5.69. The molecule has 0 bridgehead atoms. The number of carboxylic acids is 1. The number of rotatable bonds is 4. The summed E-state index contributed by atoms with van der Waals surface area (Å²) in [5.74, 6) is -1.29. The molecule has 0 spiro atoms. The van der Waals surface area contributed by atoms with Crippen LogP contribution in [0.2, 0.25) is 0 Å². The van der Waals surface area contributed by atoms with Crippen molar-refractivity contribution in [1.82, 2.24) is 5.32 Å². The zero-order valence-electron chi connectivity index (χ0n) is 8.07. The van der Waals surface area contributed by atoms with Crippen molar-refractivity contribution in [3.05, 3.63) is 23.5 Å². The molecule has 0 fully saturated rings. The summed E-state index contributed by atoms with van der Waals surface area (Å²) >= 11 is 0. The Morgan fingerprint density at radius 1 is 1.50 bits per heavy atom. The van der Waals surface area contributed by atoms with Gasteiger partial charge >= 0.3 is 5.97 Å². The number of hydrogen-bond acceptors (Lipinski definition) is 3. The van der Waals surface area contributed by atoms with E-state index < -0.39 is 5.97 Å². The number of carbonyl (C=O) groups excluding carboxylic acids is 1. The zero-order chi connectivity index (χ0) is 11.1. The van der Waals surface area contributed by atoms with Crippen LogP contribution in [0.15, 0.2) is 28.5 Å². The van der Waals surface area contributed by atoms with E-state index >= 15 is 0 Å². The number of amides is 1. The summed E-state index contributed by atoms with van der Waals surface area (Å²) in [6, 6.07) is 0. The lowest BCUT2D eigenvalue weighted by molar-refractivity contribution is -0.132. The average molecular weight is 196 g/mol. The van der Waals surface area contributed by atoms with Crippen LogP contribution in [0.3, 0.4) is 0 Å². The van der Waals surface area contributed by atoms with Gasteiger partial charge in [-0.15, -0.1) is 0 Å². The van der Waals surface area contributed by atoms with Gasteiger partial charge in [0.25, 0.3) is 0 Å². The lowest BCUT2D eigenvalue weighted by Gasteiger charge is -2.01. The van der Waals surface area contributed by atoms with Crippen LogP contribution in [0.1, 0.15) is 13.8 Å². The minimum Gasteiger partial charge on any atom is -0.478 e. The van der Waals surface area contributed by atoms with Crippen LogP contribution in [0, 0.1) is 0 Å². The molecule has 0 aliphatic rings. The molecule has 5 nitrogen and oxygen atoms in total. The van der Waals surface area contributed by atoms with Crippen molar-refractivity contribution < 1.29 is 14.7 Å². The SMILES string of the molecule is C=N/C(=C\C(=C/C)C(=O)O)NC(C)=O. The molecule has 14 heavy (non-hydrogen) atoms. The maximum atomic E-state index is 10.6. The van der Waals surface area contributed by atoms with Crippen molar-refractivity contribution in [2.24, 2.45) is 4.99 Å². The van der Waals surface area contributed by atoms with Crippen molar-refractivity contribution >= 4 is 18.6 Å². The number of aliphatic carboxylic acids is 1. The molecular formula is C9H12N2O3. The Balaban J connectivity index is 4.82. The van der Waals surface area contributed by atoms with Gasteiger partial charge in [0.1, 0.15) is 5.82 Å². The van der Waals surface area contributed by atoms with Gasteiger partial charge in [0, 0.05) is 6.92 Å². The third kappa shape index (κ3) is 4.20. The fraction of sp³-hybridized carbons (Fsp3) is 0.222. The maximum Gasteiger partial charge on any atom is 0.335 e. The van der Waals surface area contributed by atoms with Crippen LogP contribution in [-0.2, 0) is 9.59 Å². The molecule has 2 N–H and O–H groups in total. The molecule has 0 atom stereocenters. The van der Waals surface area contributed by atoms with Crippen molar-refractivity contribution in [3.8, 4) is 0 Å².